The summed E-state index contributed by atoms with van der Waals surface area (Å²) in [5, 5.41) is 3.34. The molecule has 8 nitrogen and oxygen atoms in total. The first-order valence-electron chi connectivity index (χ1n) is 11.8. The van der Waals surface area contributed by atoms with E-state index in [0.29, 0.717) is 28.6 Å². The molecule has 1 saturated heterocycles. The number of ether oxygens (including phenoxy) is 1. The zero-order valence-electron chi connectivity index (χ0n) is 21.0. The second-order valence-corrected chi connectivity index (χ2v) is 12.5. The van der Waals surface area contributed by atoms with Crippen molar-refractivity contribution in [1.29, 1.82) is 0 Å². The third-order valence-corrected chi connectivity index (χ3v) is 9.29. The van der Waals surface area contributed by atoms with Crippen molar-refractivity contribution in [3.05, 3.63) is 94.5 Å². The number of halogens is 1. The van der Waals surface area contributed by atoms with Crippen molar-refractivity contribution in [1.82, 2.24) is 14.5 Å². The molecule has 0 unspecified atom stereocenters. The minimum absolute atomic E-state index is 0.0748. The zero-order chi connectivity index (χ0) is 27.3. The van der Waals surface area contributed by atoms with Crippen LogP contribution in [-0.4, -0.2) is 62.4 Å². The van der Waals surface area contributed by atoms with Gasteiger partial charge in [-0.15, -0.1) is 11.8 Å². The molecule has 3 aromatic carbocycles. The summed E-state index contributed by atoms with van der Waals surface area (Å²) < 4.78 is 31.0. The third kappa shape index (κ3) is 6.68. The highest BCUT2D eigenvalue weighted by atomic mass is 35.5. The van der Waals surface area contributed by atoms with E-state index in [-0.39, 0.29) is 35.2 Å². The first kappa shape index (κ1) is 28.0. The lowest BCUT2D eigenvalue weighted by Gasteiger charge is -2.24. The molecule has 0 aromatic heterocycles. The number of carbonyl (C=O) groups excluding carboxylic acids is 2. The van der Waals surface area contributed by atoms with Gasteiger partial charge in [-0.1, -0.05) is 35.9 Å². The standard InChI is InChI=1S/C27H28ClN3O5S2/c1-30(2)38(34,35)24-13-11-23(12-14-24)36-16-15-29-26(33)20-5-7-21(8-6-20)27-31(25(32)18-37-27)17-19-3-9-22(28)10-4-19/h3-14,27H,15-18H2,1-2H3,(H,29,33)/t27-/m0/s1. The van der Waals surface area contributed by atoms with Crippen LogP contribution in [0.15, 0.2) is 77.7 Å². The minimum Gasteiger partial charge on any atom is -0.492 e. The highest BCUT2D eigenvalue weighted by Gasteiger charge is 2.32. The van der Waals surface area contributed by atoms with Crippen LogP contribution in [0, 0.1) is 0 Å². The average Bonchev–Trinajstić information content (AvgIpc) is 3.27. The third-order valence-electron chi connectivity index (χ3n) is 5.95. The van der Waals surface area contributed by atoms with Crippen LogP contribution >= 0.6 is 23.4 Å². The summed E-state index contributed by atoms with van der Waals surface area (Å²) in [5.74, 6) is 0.758. The number of carbonyl (C=O) groups is 2. The maximum absolute atomic E-state index is 12.6. The summed E-state index contributed by atoms with van der Waals surface area (Å²) in [6, 6.07) is 20.8. The van der Waals surface area contributed by atoms with Crippen LogP contribution in [-0.2, 0) is 21.4 Å². The van der Waals surface area contributed by atoms with Gasteiger partial charge in [-0.25, -0.2) is 12.7 Å². The molecular formula is C27H28ClN3O5S2. The van der Waals surface area contributed by atoms with Gasteiger partial charge in [0.05, 0.1) is 17.2 Å². The van der Waals surface area contributed by atoms with Gasteiger partial charge in [-0.3, -0.25) is 9.59 Å². The zero-order valence-corrected chi connectivity index (χ0v) is 23.4. The number of hydrogen-bond acceptors (Lipinski definition) is 6. The second kappa shape index (κ2) is 12.2. The number of nitrogens with one attached hydrogen (secondary N) is 1. The summed E-state index contributed by atoms with van der Waals surface area (Å²) in [5.41, 5.74) is 2.46. The van der Waals surface area contributed by atoms with Crippen LogP contribution in [0.2, 0.25) is 5.02 Å². The number of nitrogens with zero attached hydrogens (tertiary/aromatic N) is 2. The molecule has 1 N–H and O–H groups in total. The van der Waals surface area contributed by atoms with E-state index in [9.17, 15) is 18.0 Å². The van der Waals surface area contributed by atoms with Gasteiger partial charge in [0.1, 0.15) is 17.7 Å². The number of sulfonamides is 1. The van der Waals surface area contributed by atoms with Gasteiger partial charge < -0.3 is 15.0 Å². The number of amides is 2. The Bertz CT molecular complexity index is 1380. The molecule has 0 radical (unpaired) electrons. The summed E-state index contributed by atoms with van der Waals surface area (Å²) in [7, 11) is -0.546. The Morgan fingerprint density at radius 2 is 1.71 bits per heavy atom. The molecule has 2 amide bonds. The number of rotatable bonds is 10. The fourth-order valence-electron chi connectivity index (χ4n) is 3.84. The summed E-state index contributed by atoms with van der Waals surface area (Å²) in [6.07, 6.45) is 0. The predicted molar refractivity (Wildman–Crippen MR) is 149 cm³/mol. The molecule has 1 heterocycles. The van der Waals surface area contributed by atoms with E-state index in [1.54, 1.807) is 36.0 Å². The van der Waals surface area contributed by atoms with E-state index in [1.807, 2.05) is 41.3 Å². The SMILES string of the molecule is CN(C)S(=O)(=O)c1ccc(OCCNC(=O)c2ccc([C@@H]3SCC(=O)N3Cc3ccc(Cl)cc3)cc2)cc1. The van der Waals surface area contributed by atoms with Crippen LogP contribution < -0.4 is 10.1 Å². The lowest BCUT2D eigenvalue weighted by molar-refractivity contribution is -0.128. The Balaban J connectivity index is 1.28. The van der Waals surface area contributed by atoms with E-state index in [0.717, 1.165) is 15.4 Å². The van der Waals surface area contributed by atoms with Crippen LogP contribution in [0.4, 0.5) is 0 Å². The highest BCUT2D eigenvalue weighted by molar-refractivity contribution is 8.00. The van der Waals surface area contributed by atoms with Crippen molar-refractivity contribution < 1.29 is 22.7 Å². The Hall–Kier alpha value is -3.05. The predicted octanol–water partition coefficient (Wildman–Crippen LogP) is 4.17. The summed E-state index contributed by atoms with van der Waals surface area (Å²) in [4.78, 5) is 27.1. The summed E-state index contributed by atoms with van der Waals surface area (Å²) >= 11 is 7.54. The maximum atomic E-state index is 12.6. The second-order valence-electron chi connectivity index (χ2n) is 8.80. The molecule has 0 saturated carbocycles. The number of thioether (sulfide) groups is 1. The van der Waals surface area contributed by atoms with Crippen LogP contribution in [0.25, 0.3) is 0 Å². The van der Waals surface area contributed by atoms with Crippen molar-refractivity contribution in [2.24, 2.45) is 0 Å². The first-order chi connectivity index (χ1) is 18.1. The van der Waals surface area contributed by atoms with Gasteiger partial charge in [0, 0.05) is 31.2 Å². The Labute approximate surface area is 232 Å². The van der Waals surface area contributed by atoms with Crippen LogP contribution in [0.3, 0.4) is 0 Å². The topological polar surface area (TPSA) is 96.0 Å². The molecule has 0 aliphatic carbocycles. The lowest BCUT2D eigenvalue weighted by Crippen LogP contribution is -2.28. The van der Waals surface area contributed by atoms with Crippen molar-refractivity contribution in [2.75, 3.05) is 33.0 Å². The smallest absolute Gasteiger partial charge is 0.251 e. The quantitative estimate of drug-likeness (QED) is 0.366. The molecule has 0 spiro atoms. The first-order valence-corrected chi connectivity index (χ1v) is 14.7. The van der Waals surface area contributed by atoms with E-state index >= 15 is 0 Å². The highest BCUT2D eigenvalue weighted by Crippen LogP contribution is 2.39. The van der Waals surface area contributed by atoms with Gasteiger partial charge >= 0.3 is 0 Å². The van der Waals surface area contributed by atoms with E-state index in [2.05, 4.69) is 5.32 Å². The fraction of sp³-hybridized carbons (Fsp3) is 0.259. The van der Waals surface area contributed by atoms with Crippen LogP contribution in [0.1, 0.15) is 26.9 Å². The van der Waals surface area contributed by atoms with E-state index in [1.165, 1.54) is 26.2 Å². The Kier molecular flexibility index (Phi) is 8.99. The molecule has 1 fully saturated rings. The minimum atomic E-state index is -3.50. The molecule has 1 aliphatic rings. The maximum Gasteiger partial charge on any atom is 0.251 e. The average molecular weight is 574 g/mol. The van der Waals surface area contributed by atoms with Gasteiger partial charge in [-0.2, -0.15) is 0 Å². The molecule has 38 heavy (non-hydrogen) atoms. The van der Waals surface area contributed by atoms with Crippen molar-refractivity contribution in [3.8, 4) is 5.75 Å². The molecular weight excluding hydrogens is 546 g/mol. The molecule has 0 bridgehead atoms. The lowest BCUT2D eigenvalue weighted by atomic mass is 10.1. The van der Waals surface area contributed by atoms with E-state index in [4.69, 9.17) is 16.3 Å². The normalized spacial score (nSPS) is 15.6. The van der Waals surface area contributed by atoms with Crippen molar-refractivity contribution >= 4 is 45.2 Å². The van der Waals surface area contributed by atoms with Gasteiger partial charge in [0.15, 0.2) is 0 Å². The van der Waals surface area contributed by atoms with Crippen molar-refractivity contribution in [2.45, 2.75) is 16.8 Å². The Morgan fingerprint density at radius 3 is 2.34 bits per heavy atom. The molecule has 1 atom stereocenters. The largest absolute Gasteiger partial charge is 0.492 e. The molecule has 4 rings (SSSR count). The van der Waals surface area contributed by atoms with Crippen molar-refractivity contribution in [3.63, 3.8) is 0 Å². The fourth-order valence-corrected chi connectivity index (χ4v) is 6.06. The van der Waals surface area contributed by atoms with Crippen LogP contribution in [0.5, 0.6) is 5.75 Å². The number of benzene rings is 3. The molecule has 3 aromatic rings. The Morgan fingerprint density at radius 1 is 1.05 bits per heavy atom. The molecule has 1 aliphatic heterocycles. The van der Waals surface area contributed by atoms with Gasteiger partial charge in [0.25, 0.3) is 5.91 Å². The number of hydrogen-bond donors (Lipinski definition) is 1. The summed E-state index contributed by atoms with van der Waals surface area (Å²) in [6.45, 7) is 0.994. The molecule has 11 heteroatoms. The van der Waals surface area contributed by atoms with E-state index < -0.39 is 10.0 Å². The van der Waals surface area contributed by atoms with Gasteiger partial charge in [-0.05, 0) is 59.7 Å². The van der Waals surface area contributed by atoms with Gasteiger partial charge in [0.2, 0.25) is 15.9 Å². The molecule has 200 valence electrons. The monoisotopic (exact) mass is 573 g/mol.